The molecule has 1 saturated carbocycles. The molecular formula is C20H20ClFN6. The van der Waals surface area contributed by atoms with Gasteiger partial charge in [-0.2, -0.15) is 0 Å². The second-order valence-electron chi connectivity index (χ2n) is 7.52. The van der Waals surface area contributed by atoms with Gasteiger partial charge in [0.05, 0.1) is 16.9 Å². The van der Waals surface area contributed by atoms with Gasteiger partial charge in [0.2, 0.25) is 0 Å². The van der Waals surface area contributed by atoms with Crippen molar-refractivity contribution in [2.45, 2.75) is 24.9 Å². The standard InChI is InChI=1S/C20H20ClFN6/c21-18-14(22)8-17(28-6-5-25-20(11-28)3-4-20)27-19(18)15-2-1-12-10-24-13(9-23)7-16(12)26-15/h1-2,7-8,10,25H,3-6,9,11,23H2. The number of piperazine rings is 1. The summed E-state index contributed by atoms with van der Waals surface area (Å²) in [5.41, 5.74) is 8.21. The van der Waals surface area contributed by atoms with Gasteiger partial charge in [0, 0.05) is 49.4 Å². The van der Waals surface area contributed by atoms with Crippen LogP contribution in [0.25, 0.3) is 22.3 Å². The fourth-order valence-corrected chi connectivity index (χ4v) is 3.95. The minimum atomic E-state index is -0.482. The van der Waals surface area contributed by atoms with Crippen LogP contribution in [0.5, 0.6) is 0 Å². The smallest absolute Gasteiger partial charge is 0.147 e. The first-order valence-electron chi connectivity index (χ1n) is 9.39. The molecule has 3 aromatic heterocycles. The Morgan fingerprint density at radius 2 is 2.11 bits per heavy atom. The molecule has 0 atom stereocenters. The van der Waals surface area contributed by atoms with Crippen molar-refractivity contribution >= 4 is 28.3 Å². The molecule has 1 aliphatic heterocycles. The zero-order chi connectivity index (χ0) is 19.3. The third-order valence-corrected chi connectivity index (χ3v) is 5.89. The molecule has 0 radical (unpaired) electrons. The summed E-state index contributed by atoms with van der Waals surface area (Å²) in [5.74, 6) is 0.119. The quantitative estimate of drug-likeness (QED) is 0.706. The van der Waals surface area contributed by atoms with Crippen LogP contribution in [0.15, 0.2) is 30.5 Å². The summed E-state index contributed by atoms with van der Waals surface area (Å²) in [7, 11) is 0. The van der Waals surface area contributed by atoms with Gasteiger partial charge >= 0.3 is 0 Å². The van der Waals surface area contributed by atoms with Crippen LogP contribution in [-0.2, 0) is 6.54 Å². The van der Waals surface area contributed by atoms with Crippen LogP contribution in [0.2, 0.25) is 5.02 Å². The molecule has 0 bridgehead atoms. The molecule has 3 N–H and O–H groups in total. The van der Waals surface area contributed by atoms with Crippen molar-refractivity contribution < 1.29 is 4.39 Å². The number of nitrogens with two attached hydrogens (primary N) is 1. The van der Waals surface area contributed by atoms with Crippen LogP contribution in [0.1, 0.15) is 18.5 Å². The highest BCUT2D eigenvalue weighted by Crippen LogP contribution is 2.39. The van der Waals surface area contributed by atoms with Gasteiger partial charge in [-0.05, 0) is 31.0 Å². The molecule has 0 aromatic carbocycles. The molecule has 5 rings (SSSR count). The minimum absolute atomic E-state index is 0.0139. The van der Waals surface area contributed by atoms with E-state index < -0.39 is 5.82 Å². The van der Waals surface area contributed by atoms with Crippen molar-refractivity contribution in [1.82, 2.24) is 20.3 Å². The summed E-state index contributed by atoms with van der Waals surface area (Å²) in [4.78, 5) is 15.7. The van der Waals surface area contributed by atoms with E-state index in [4.69, 9.17) is 22.3 Å². The largest absolute Gasteiger partial charge is 0.353 e. The Balaban J connectivity index is 1.57. The summed E-state index contributed by atoms with van der Waals surface area (Å²) in [5, 5.41) is 4.42. The lowest BCUT2D eigenvalue weighted by atomic mass is 10.1. The zero-order valence-corrected chi connectivity index (χ0v) is 16.0. The van der Waals surface area contributed by atoms with Crippen LogP contribution < -0.4 is 16.0 Å². The molecule has 28 heavy (non-hydrogen) atoms. The molecule has 0 amide bonds. The predicted molar refractivity (Wildman–Crippen MR) is 108 cm³/mol. The molecule has 0 unspecified atom stereocenters. The van der Waals surface area contributed by atoms with Crippen LogP contribution in [0.4, 0.5) is 10.2 Å². The fourth-order valence-electron chi connectivity index (χ4n) is 3.76. The van der Waals surface area contributed by atoms with Crippen molar-refractivity contribution in [3.8, 4) is 11.4 Å². The number of nitrogens with one attached hydrogen (secondary N) is 1. The van der Waals surface area contributed by atoms with Gasteiger partial charge < -0.3 is 16.0 Å². The Labute approximate surface area is 166 Å². The number of nitrogens with zero attached hydrogens (tertiary/aromatic N) is 4. The molecule has 4 heterocycles. The minimum Gasteiger partial charge on any atom is -0.353 e. The first-order valence-corrected chi connectivity index (χ1v) is 9.77. The van der Waals surface area contributed by atoms with E-state index in [1.165, 1.54) is 6.07 Å². The zero-order valence-electron chi connectivity index (χ0n) is 15.3. The number of halogens is 2. The maximum absolute atomic E-state index is 14.7. The molecule has 1 aliphatic carbocycles. The van der Waals surface area contributed by atoms with Crippen molar-refractivity contribution in [2.75, 3.05) is 24.5 Å². The maximum Gasteiger partial charge on any atom is 0.147 e. The topological polar surface area (TPSA) is 80.0 Å². The first kappa shape index (κ1) is 17.7. The number of hydrogen-bond donors (Lipinski definition) is 2. The number of aromatic nitrogens is 3. The molecule has 1 spiro atoms. The lowest BCUT2D eigenvalue weighted by molar-refractivity contribution is 0.439. The van der Waals surface area contributed by atoms with Crippen molar-refractivity contribution in [2.24, 2.45) is 5.73 Å². The lowest BCUT2D eigenvalue weighted by Gasteiger charge is -2.35. The lowest BCUT2D eigenvalue weighted by Crippen LogP contribution is -2.52. The summed E-state index contributed by atoms with van der Waals surface area (Å²) in [6, 6.07) is 6.94. The second kappa shape index (κ2) is 6.62. The van der Waals surface area contributed by atoms with E-state index in [0.29, 0.717) is 23.8 Å². The molecule has 6 nitrogen and oxygen atoms in total. The van der Waals surface area contributed by atoms with Gasteiger partial charge in [0.1, 0.15) is 22.4 Å². The maximum atomic E-state index is 14.7. The van der Waals surface area contributed by atoms with Crippen LogP contribution in [0.3, 0.4) is 0 Å². The Hall–Kier alpha value is -2.35. The van der Waals surface area contributed by atoms with Gasteiger partial charge in [-0.15, -0.1) is 0 Å². The highest BCUT2D eigenvalue weighted by Gasteiger charge is 2.45. The summed E-state index contributed by atoms with van der Waals surface area (Å²) in [6.45, 7) is 2.81. The van der Waals surface area contributed by atoms with Crippen molar-refractivity contribution in [3.63, 3.8) is 0 Å². The van der Waals surface area contributed by atoms with E-state index in [2.05, 4.69) is 20.2 Å². The number of anilines is 1. The van der Waals surface area contributed by atoms with Gasteiger partial charge in [-0.25, -0.2) is 14.4 Å². The SMILES string of the molecule is NCc1cc2nc(-c3nc(N4CCNC5(CC5)C4)cc(F)c3Cl)ccc2cn1. The van der Waals surface area contributed by atoms with E-state index in [-0.39, 0.29) is 10.6 Å². The van der Waals surface area contributed by atoms with Crippen molar-refractivity contribution in [3.05, 3.63) is 47.0 Å². The van der Waals surface area contributed by atoms with Crippen LogP contribution in [0, 0.1) is 5.82 Å². The number of rotatable bonds is 3. The molecule has 2 fully saturated rings. The summed E-state index contributed by atoms with van der Waals surface area (Å²) < 4.78 is 14.7. The van der Waals surface area contributed by atoms with E-state index in [9.17, 15) is 4.39 Å². The van der Waals surface area contributed by atoms with Gasteiger partial charge in [0.25, 0.3) is 0 Å². The summed E-state index contributed by atoms with van der Waals surface area (Å²) >= 11 is 6.28. The van der Waals surface area contributed by atoms with Crippen LogP contribution in [-0.4, -0.2) is 40.1 Å². The molecule has 8 heteroatoms. The number of hydrogen-bond acceptors (Lipinski definition) is 6. The Kier molecular flexibility index (Phi) is 4.19. The van der Waals surface area contributed by atoms with E-state index in [0.717, 1.165) is 49.1 Å². The third-order valence-electron chi connectivity index (χ3n) is 5.53. The van der Waals surface area contributed by atoms with E-state index >= 15 is 0 Å². The average molecular weight is 399 g/mol. The highest BCUT2D eigenvalue weighted by atomic mass is 35.5. The molecular weight excluding hydrogens is 379 g/mol. The summed E-state index contributed by atoms with van der Waals surface area (Å²) in [6.07, 6.45) is 4.03. The monoisotopic (exact) mass is 398 g/mol. The number of fused-ring (bicyclic) bond motifs is 1. The van der Waals surface area contributed by atoms with Crippen LogP contribution >= 0.6 is 11.6 Å². The van der Waals surface area contributed by atoms with Crippen molar-refractivity contribution in [1.29, 1.82) is 0 Å². The molecule has 144 valence electrons. The van der Waals surface area contributed by atoms with Gasteiger partial charge in [-0.1, -0.05) is 11.6 Å². The Morgan fingerprint density at radius 1 is 1.25 bits per heavy atom. The Morgan fingerprint density at radius 3 is 2.89 bits per heavy atom. The van der Waals surface area contributed by atoms with E-state index in [1.807, 2.05) is 12.1 Å². The Bertz CT molecular complexity index is 1070. The normalized spacial score (nSPS) is 18.0. The average Bonchev–Trinajstić information content (AvgIpc) is 3.47. The second-order valence-corrected chi connectivity index (χ2v) is 7.90. The number of pyridine rings is 3. The van der Waals surface area contributed by atoms with E-state index in [1.54, 1.807) is 12.3 Å². The third kappa shape index (κ3) is 3.09. The molecule has 1 saturated heterocycles. The van der Waals surface area contributed by atoms with Gasteiger partial charge in [0.15, 0.2) is 0 Å². The predicted octanol–water partition coefficient (Wildman–Crippen LogP) is 2.89. The highest BCUT2D eigenvalue weighted by molar-refractivity contribution is 6.33. The fraction of sp³-hybridized carbons (Fsp3) is 0.350. The van der Waals surface area contributed by atoms with Gasteiger partial charge in [-0.3, -0.25) is 4.98 Å². The molecule has 2 aliphatic rings. The first-order chi connectivity index (χ1) is 13.6. The molecule has 3 aromatic rings.